The minimum Gasteiger partial charge on any atom is -0.504 e. The van der Waals surface area contributed by atoms with Crippen molar-refractivity contribution in [3.05, 3.63) is 51.2 Å². The number of hydrogen-bond acceptors (Lipinski definition) is 4. The third-order valence-corrected chi connectivity index (χ3v) is 3.71. The molecule has 0 spiro atoms. The van der Waals surface area contributed by atoms with Crippen LogP contribution in [0.15, 0.2) is 34.8 Å². The maximum atomic E-state index is 13.2. The summed E-state index contributed by atoms with van der Waals surface area (Å²) in [6.07, 6.45) is 0. The Balaban J connectivity index is 2.38. The zero-order valence-corrected chi connectivity index (χ0v) is 13.7. The molecule has 0 radical (unpaired) electrons. The Morgan fingerprint density at radius 2 is 2.14 bits per heavy atom. The quantitative estimate of drug-likeness (QED) is 0.805. The maximum absolute atomic E-state index is 13.2. The fraction of sp³-hybridized carbons (Fsp3) is 0.133. The third-order valence-electron chi connectivity index (χ3n) is 2.96. The van der Waals surface area contributed by atoms with E-state index in [2.05, 4.69) is 21.2 Å². The number of anilines is 1. The van der Waals surface area contributed by atoms with Gasteiger partial charge in [-0.2, -0.15) is 5.26 Å². The van der Waals surface area contributed by atoms with Crippen LogP contribution >= 0.6 is 27.5 Å². The molecule has 0 bridgehead atoms. The van der Waals surface area contributed by atoms with Gasteiger partial charge in [0, 0.05) is 15.7 Å². The Hall–Kier alpha value is -1.97. The van der Waals surface area contributed by atoms with Crippen molar-refractivity contribution in [2.24, 2.45) is 0 Å². The normalized spacial score (nSPS) is 11.6. The second kappa shape index (κ2) is 6.86. The number of phenols is 1. The number of ether oxygens (including phenoxy) is 1. The molecule has 114 valence electrons. The van der Waals surface area contributed by atoms with Crippen molar-refractivity contribution in [2.45, 2.75) is 6.04 Å². The van der Waals surface area contributed by atoms with Crippen molar-refractivity contribution < 1.29 is 14.2 Å². The van der Waals surface area contributed by atoms with Gasteiger partial charge >= 0.3 is 0 Å². The van der Waals surface area contributed by atoms with Crippen molar-refractivity contribution >= 4 is 33.2 Å². The van der Waals surface area contributed by atoms with Gasteiger partial charge < -0.3 is 15.2 Å². The zero-order valence-electron chi connectivity index (χ0n) is 11.4. The van der Waals surface area contributed by atoms with Crippen LogP contribution in [-0.4, -0.2) is 12.2 Å². The largest absolute Gasteiger partial charge is 0.504 e. The molecule has 2 aromatic rings. The summed E-state index contributed by atoms with van der Waals surface area (Å²) in [5.74, 6) is -0.450. The number of nitrogens with zero attached hydrogens (tertiary/aromatic N) is 1. The van der Waals surface area contributed by atoms with E-state index in [0.29, 0.717) is 15.7 Å². The Kier molecular flexibility index (Phi) is 5.11. The van der Waals surface area contributed by atoms with Crippen LogP contribution in [0.4, 0.5) is 10.1 Å². The maximum Gasteiger partial charge on any atom is 0.164 e. The number of hydrogen-bond donors (Lipinski definition) is 2. The molecule has 4 nitrogen and oxygen atoms in total. The summed E-state index contributed by atoms with van der Waals surface area (Å²) in [4.78, 5) is 0. The fourth-order valence-corrected chi connectivity index (χ4v) is 2.54. The molecule has 22 heavy (non-hydrogen) atoms. The highest BCUT2D eigenvalue weighted by molar-refractivity contribution is 9.10. The topological polar surface area (TPSA) is 65.3 Å². The molecule has 2 N–H and O–H groups in total. The lowest BCUT2D eigenvalue weighted by molar-refractivity contribution is 0.370. The molecule has 0 fully saturated rings. The van der Waals surface area contributed by atoms with E-state index in [4.69, 9.17) is 16.3 Å². The molecule has 7 heteroatoms. The molecule has 0 aliphatic rings. The van der Waals surface area contributed by atoms with E-state index in [9.17, 15) is 14.8 Å². The van der Waals surface area contributed by atoms with Gasteiger partial charge in [-0.15, -0.1) is 0 Å². The van der Waals surface area contributed by atoms with E-state index in [0.717, 1.165) is 0 Å². The summed E-state index contributed by atoms with van der Waals surface area (Å²) >= 11 is 9.01. The number of halogens is 3. The minimum absolute atomic E-state index is 0.0577. The lowest BCUT2D eigenvalue weighted by Crippen LogP contribution is -2.09. The van der Waals surface area contributed by atoms with Crippen LogP contribution in [0.5, 0.6) is 11.5 Å². The average molecular weight is 386 g/mol. The highest BCUT2D eigenvalue weighted by Crippen LogP contribution is 2.38. The Morgan fingerprint density at radius 3 is 2.73 bits per heavy atom. The molecule has 2 aromatic carbocycles. The van der Waals surface area contributed by atoms with Crippen LogP contribution in [0, 0.1) is 17.1 Å². The highest BCUT2D eigenvalue weighted by Gasteiger charge is 2.19. The summed E-state index contributed by atoms with van der Waals surface area (Å²) in [6.45, 7) is 0. The monoisotopic (exact) mass is 384 g/mol. The first-order chi connectivity index (χ1) is 10.5. The highest BCUT2D eigenvalue weighted by atomic mass is 79.9. The summed E-state index contributed by atoms with van der Waals surface area (Å²) < 4.78 is 18.9. The Morgan fingerprint density at radius 1 is 1.41 bits per heavy atom. The number of phenolic OH excluding ortho intramolecular Hbond substituents is 1. The van der Waals surface area contributed by atoms with Crippen LogP contribution in [0.2, 0.25) is 5.02 Å². The molecule has 0 aliphatic carbocycles. The van der Waals surface area contributed by atoms with Crippen LogP contribution in [0.25, 0.3) is 0 Å². The van der Waals surface area contributed by atoms with Gasteiger partial charge in [0.25, 0.3) is 0 Å². The number of rotatable bonds is 4. The summed E-state index contributed by atoms with van der Waals surface area (Å²) in [5.41, 5.74) is 0.783. The van der Waals surface area contributed by atoms with E-state index in [1.807, 2.05) is 6.07 Å². The second-order valence-corrected chi connectivity index (χ2v) is 5.70. The van der Waals surface area contributed by atoms with Crippen LogP contribution in [-0.2, 0) is 0 Å². The standard InChI is InChI=1S/C15H11BrClFN2O2/c1-22-14-5-8(16)4-10(15(14)21)13(7-19)20-9-2-3-12(18)11(17)6-9/h2-6,13,20-21H,1H3. The molecular weight excluding hydrogens is 375 g/mol. The molecule has 0 saturated carbocycles. The van der Waals surface area contributed by atoms with Gasteiger partial charge in [0.05, 0.1) is 18.2 Å². The summed E-state index contributed by atoms with van der Waals surface area (Å²) in [6, 6.07) is 8.37. The van der Waals surface area contributed by atoms with Gasteiger partial charge in [0.15, 0.2) is 11.5 Å². The Bertz CT molecular complexity index is 749. The zero-order chi connectivity index (χ0) is 16.3. The van der Waals surface area contributed by atoms with Crippen LogP contribution < -0.4 is 10.1 Å². The van der Waals surface area contributed by atoms with Gasteiger partial charge in [-0.1, -0.05) is 27.5 Å². The predicted molar refractivity (Wildman–Crippen MR) is 85.7 cm³/mol. The first kappa shape index (κ1) is 16.4. The van der Waals surface area contributed by atoms with Gasteiger partial charge in [-0.05, 0) is 30.3 Å². The van der Waals surface area contributed by atoms with Crippen molar-refractivity contribution in [3.63, 3.8) is 0 Å². The van der Waals surface area contributed by atoms with E-state index in [1.165, 1.54) is 25.3 Å². The number of nitriles is 1. The van der Waals surface area contributed by atoms with Crippen molar-refractivity contribution in [1.82, 2.24) is 0 Å². The molecule has 0 saturated heterocycles. The average Bonchev–Trinajstić information content (AvgIpc) is 2.50. The SMILES string of the molecule is COc1cc(Br)cc(C(C#N)Nc2ccc(F)c(Cl)c2)c1O. The predicted octanol–water partition coefficient (Wildman–Crippen LogP) is 4.63. The molecule has 2 rings (SSSR count). The second-order valence-electron chi connectivity index (χ2n) is 4.38. The Labute approximate surface area is 140 Å². The first-order valence-electron chi connectivity index (χ1n) is 6.14. The van der Waals surface area contributed by atoms with E-state index < -0.39 is 11.9 Å². The number of benzene rings is 2. The molecule has 0 aliphatic heterocycles. The van der Waals surface area contributed by atoms with Crippen molar-refractivity contribution in [1.29, 1.82) is 5.26 Å². The number of nitrogens with one attached hydrogen (secondary N) is 1. The van der Waals surface area contributed by atoms with E-state index in [-0.39, 0.29) is 16.5 Å². The van der Waals surface area contributed by atoms with Crippen LogP contribution in [0.1, 0.15) is 11.6 Å². The van der Waals surface area contributed by atoms with Crippen LogP contribution in [0.3, 0.4) is 0 Å². The van der Waals surface area contributed by atoms with Crippen molar-refractivity contribution in [3.8, 4) is 17.6 Å². The lowest BCUT2D eigenvalue weighted by atomic mass is 10.1. The van der Waals surface area contributed by atoms with Gasteiger partial charge in [0.2, 0.25) is 0 Å². The smallest absolute Gasteiger partial charge is 0.164 e. The number of aromatic hydroxyl groups is 1. The van der Waals surface area contributed by atoms with E-state index in [1.54, 1.807) is 12.1 Å². The van der Waals surface area contributed by atoms with Gasteiger partial charge in [0.1, 0.15) is 11.9 Å². The number of methoxy groups -OCH3 is 1. The molecule has 0 heterocycles. The summed E-state index contributed by atoms with van der Waals surface area (Å²) in [7, 11) is 1.42. The molecular formula is C15H11BrClFN2O2. The fourth-order valence-electron chi connectivity index (χ4n) is 1.90. The lowest BCUT2D eigenvalue weighted by Gasteiger charge is -2.17. The molecule has 0 aromatic heterocycles. The van der Waals surface area contributed by atoms with Gasteiger partial charge in [-0.25, -0.2) is 4.39 Å². The van der Waals surface area contributed by atoms with Gasteiger partial charge in [-0.3, -0.25) is 0 Å². The molecule has 1 atom stereocenters. The third kappa shape index (κ3) is 3.43. The van der Waals surface area contributed by atoms with E-state index >= 15 is 0 Å². The molecule has 1 unspecified atom stereocenters. The minimum atomic E-state index is -0.868. The summed E-state index contributed by atoms with van der Waals surface area (Å²) in [5, 5.41) is 22.4. The molecule has 0 amide bonds. The van der Waals surface area contributed by atoms with Crippen molar-refractivity contribution in [2.75, 3.05) is 12.4 Å². The first-order valence-corrected chi connectivity index (χ1v) is 7.31.